The molecule has 2 heterocycles. The summed E-state index contributed by atoms with van der Waals surface area (Å²) in [5.74, 6) is 2.09. The first-order valence-electron chi connectivity index (χ1n) is 5.40. The molecular formula is C11H15N5O. The van der Waals surface area contributed by atoms with Crippen molar-refractivity contribution < 1.29 is 4.74 Å². The number of methoxy groups -OCH3 is 1. The minimum Gasteiger partial charge on any atom is -0.481 e. The topological polar surface area (TPSA) is 75.7 Å². The Kier molecular flexibility index (Phi) is 3.54. The van der Waals surface area contributed by atoms with Crippen molar-refractivity contribution >= 4 is 5.95 Å². The zero-order valence-electron chi connectivity index (χ0n) is 9.90. The minimum absolute atomic E-state index is 0.568. The van der Waals surface area contributed by atoms with Gasteiger partial charge >= 0.3 is 0 Å². The van der Waals surface area contributed by atoms with Crippen molar-refractivity contribution in [1.29, 1.82) is 0 Å². The highest BCUT2D eigenvalue weighted by molar-refractivity contribution is 5.30. The maximum atomic E-state index is 5.08. The molecule has 90 valence electrons. The Labute approximate surface area is 99.5 Å². The average Bonchev–Trinajstić information content (AvgIpc) is 2.81. The van der Waals surface area contributed by atoms with Crippen LogP contribution in [0.4, 0.5) is 5.95 Å². The lowest BCUT2D eigenvalue weighted by atomic mass is 10.4. The summed E-state index contributed by atoms with van der Waals surface area (Å²) in [5.41, 5.74) is 0.873. The van der Waals surface area contributed by atoms with E-state index in [0.29, 0.717) is 11.8 Å². The van der Waals surface area contributed by atoms with Gasteiger partial charge in [0, 0.05) is 37.1 Å². The maximum Gasteiger partial charge on any atom is 0.226 e. The first-order valence-corrected chi connectivity index (χ1v) is 5.40. The van der Waals surface area contributed by atoms with E-state index in [4.69, 9.17) is 4.74 Å². The number of rotatable bonds is 5. The number of nitrogens with zero attached hydrogens (tertiary/aromatic N) is 3. The van der Waals surface area contributed by atoms with E-state index in [1.54, 1.807) is 19.4 Å². The van der Waals surface area contributed by atoms with Gasteiger partial charge in [-0.2, -0.15) is 4.98 Å². The summed E-state index contributed by atoms with van der Waals surface area (Å²) < 4.78 is 5.08. The smallest absolute Gasteiger partial charge is 0.226 e. The van der Waals surface area contributed by atoms with Crippen LogP contribution >= 0.6 is 0 Å². The average molecular weight is 233 g/mol. The number of imidazole rings is 1. The summed E-state index contributed by atoms with van der Waals surface area (Å²) in [6, 6.07) is 1.79. The fourth-order valence-corrected chi connectivity index (χ4v) is 1.45. The largest absolute Gasteiger partial charge is 0.481 e. The van der Waals surface area contributed by atoms with Crippen LogP contribution in [0.25, 0.3) is 0 Å². The van der Waals surface area contributed by atoms with Gasteiger partial charge < -0.3 is 15.0 Å². The number of aromatic nitrogens is 4. The molecule has 0 fully saturated rings. The molecule has 2 aromatic rings. The highest BCUT2D eigenvalue weighted by Crippen LogP contribution is 2.10. The van der Waals surface area contributed by atoms with Gasteiger partial charge in [-0.3, -0.25) is 0 Å². The quantitative estimate of drug-likeness (QED) is 0.810. The Morgan fingerprint density at radius 2 is 2.29 bits per heavy atom. The van der Waals surface area contributed by atoms with Crippen LogP contribution in [-0.4, -0.2) is 33.6 Å². The van der Waals surface area contributed by atoms with Crippen LogP contribution in [0.15, 0.2) is 18.5 Å². The lowest BCUT2D eigenvalue weighted by molar-refractivity contribution is 0.397. The fraction of sp³-hybridized carbons (Fsp3) is 0.364. The highest BCUT2D eigenvalue weighted by Gasteiger charge is 2.02. The molecule has 2 N–H and O–H groups in total. The van der Waals surface area contributed by atoms with Gasteiger partial charge in [0.25, 0.3) is 0 Å². The Balaban J connectivity index is 1.92. The molecule has 17 heavy (non-hydrogen) atoms. The summed E-state index contributed by atoms with van der Waals surface area (Å²) in [5, 5.41) is 3.14. The standard InChI is InChI=1S/C11H15N5O/c1-8-7-10(17-2)16-11(15-8)14-4-3-9-12-5-6-13-9/h5-7H,3-4H2,1-2H3,(H,12,13)(H,14,15,16). The third kappa shape index (κ3) is 3.17. The van der Waals surface area contributed by atoms with Crippen LogP contribution < -0.4 is 10.1 Å². The molecule has 0 saturated carbocycles. The lowest BCUT2D eigenvalue weighted by Crippen LogP contribution is -2.09. The zero-order chi connectivity index (χ0) is 12.1. The number of nitrogens with one attached hydrogen (secondary N) is 2. The normalized spacial score (nSPS) is 10.2. The van der Waals surface area contributed by atoms with Crippen LogP contribution in [0.5, 0.6) is 5.88 Å². The Morgan fingerprint density at radius 3 is 3.00 bits per heavy atom. The van der Waals surface area contributed by atoms with Crippen molar-refractivity contribution in [3.05, 3.63) is 30.0 Å². The second-order valence-corrected chi connectivity index (χ2v) is 3.59. The van der Waals surface area contributed by atoms with Gasteiger partial charge in [0.05, 0.1) is 7.11 Å². The maximum absolute atomic E-state index is 5.08. The molecule has 2 rings (SSSR count). The van der Waals surface area contributed by atoms with E-state index in [2.05, 4.69) is 25.3 Å². The number of anilines is 1. The molecule has 0 radical (unpaired) electrons. The van der Waals surface area contributed by atoms with E-state index in [9.17, 15) is 0 Å². The molecule has 6 nitrogen and oxygen atoms in total. The van der Waals surface area contributed by atoms with E-state index in [1.807, 2.05) is 13.1 Å². The molecule has 0 aliphatic carbocycles. The molecule has 2 aromatic heterocycles. The van der Waals surface area contributed by atoms with Gasteiger partial charge in [0.15, 0.2) is 0 Å². The predicted molar refractivity (Wildman–Crippen MR) is 64.1 cm³/mol. The first-order chi connectivity index (χ1) is 8.28. The van der Waals surface area contributed by atoms with Gasteiger partial charge in [0.1, 0.15) is 5.82 Å². The van der Waals surface area contributed by atoms with Crippen LogP contribution in [0.1, 0.15) is 11.5 Å². The second-order valence-electron chi connectivity index (χ2n) is 3.59. The zero-order valence-corrected chi connectivity index (χ0v) is 9.90. The van der Waals surface area contributed by atoms with Gasteiger partial charge in [-0.05, 0) is 6.92 Å². The summed E-state index contributed by atoms with van der Waals surface area (Å²) >= 11 is 0. The Morgan fingerprint density at radius 1 is 1.41 bits per heavy atom. The van der Waals surface area contributed by atoms with Gasteiger partial charge in [-0.25, -0.2) is 9.97 Å². The van der Waals surface area contributed by atoms with Crippen molar-refractivity contribution in [2.45, 2.75) is 13.3 Å². The molecule has 0 spiro atoms. The number of H-pyrrole nitrogens is 1. The van der Waals surface area contributed by atoms with Crippen LogP contribution in [-0.2, 0) is 6.42 Å². The molecule has 0 aliphatic rings. The van der Waals surface area contributed by atoms with Crippen molar-refractivity contribution in [3.63, 3.8) is 0 Å². The van der Waals surface area contributed by atoms with E-state index in [0.717, 1.165) is 24.5 Å². The number of aromatic amines is 1. The Bertz CT molecular complexity index is 469. The molecular weight excluding hydrogens is 218 g/mol. The fourth-order valence-electron chi connectivity index (χ4n) is 1.45. The first kappa shape index (κ1) is 11.4. The number of hydrogen-bond donors (Lipinski definition) is 2. The van der Waals surface area contributed by atoms with Crippen LogP contribution in [0.2, 0.25) is 0 Å². The SMILES string of the molecule is COc1cc(C)nc(NCCc2ncc[nH]2)n1. The van der Waals surface area contributed by atoms with Gasteiger partial charge in [-0.15, -0.1) is 0 Å². The third-order valence-corrected chi connectivity index (χ3v) is 2.24. The minimum atomic E-state index is 0.568. The number of ether oxygens (including phenoxy) is 1. The summed E-state index contributed by atoms with van der Waals surface area (Å²) in [4.78, 5) is 15.6. The van der Waals surface area contributed by atoms with Crippen molar-refractivity contribution in [1.82, 2.24) is 19.9 Å². The van der Waals surface area contributed by atoms with Crippen molar-refractivity contribution in [3.8, 4) is 5.88 Å². The molecule has 0 saturated heterocycles. The third-order valence-electron chi connectivity index (χ3n) is 2.24. The summed E-state index contributed by atoms with van der Waals surface area (Å²) in [6.45, 7) is 2.63. The molecule has 0 aliphatic heterocycles. The predicted octanol–water partition coefficient (Wildman–Crippen LogP) is 1.17. The van der Waals surface area contributed by atoms with Gasteiger partial charge in [0.2, 0.25) is 11.8 Å². The molecule has 6 heteroatoms. The van der Waals surface area contributed by atoms with Gasteiger partial charge in [-0.1, -0.05) is 0 Å². The monoisotopic (exact) mass is 233 g/mol. The lowest BCUT2D eigenvalue weighted by Gasteiger charge is -2.06. The van der Waals surface area contributed by atoms with E-state index in [1.165, 1.54) is 0 Å². The number of aryl methyl sites for hydroxylation is 1. The molecule has 0 aromatic carbocycles. The number of hydrogen-bond acceptors (Lipinski definition) is 5. The highest BCUT2D eigenvalue weighted by atomic mass is 16.5. The van der Waals surface area contributed by atoms with E-state index in [-0.39, 0.29) is 0 Å². The van der Waals surface area contributed by atoms with Crippen molar-refractivity contribution in [2.24, 2.45) is 0 Å². The Hall–Kier alpha value is -2.11. The summed E-state index contributed by atoms with van der Waals surface area (Å²) in [7, 11) is 1.59. The summed E-state index contributed by atoms with van der Waals surface area (Å²) in [6.07, 6.45) is 4.34. The van der Waals surface area contributed by atoms with Crippen molar-refractivity contribution in [2.75, 3.05) is 19.0 Å². The second kappa shape index (κ2) is 5.29. The molecule has 0 atom stereocenters. The molecule has 0 unspecified atom stereocenters. The van der Waals surface area contributed by atoms with E-state index < -0.39 is 0 Å². The van der Waals surface area contributed by atoms with Crippen LogP contribution in [0.3, 0.4) is 0 Å². The molecule has 0 amide bonds. The molecule has 0 bridgehead atoms. The van der Waals surface area contributed by atoms with E-state index >= 15 is 0 Å². The van der Waals surface area contributed by atoms with Crippen LogP contribution in [0, 0.1) is 6.92 Å².